The van der Waals surface area contributed by atoms with Gasteiger partial charge in [0.2, 0.25) is 0 Å². The summed E-state index contributed by atoms with van der Waals surface area (Å²) >= 11 is 7.75. The fourth-order valence-electron chi connectivity index (χ4n) is 1.42. The molecule has 1 rings (SSSR count). The minimum absolute atomic E-state index is 0.132. The molecule has 0 bridgehead atoms. The molecule has 0 aliphatic heterocycles. The minimum atomic E-state index is -0.160. The second kappa shape index (κ2) is 7.48. The van der Waals surface area contributed by atoms with Gasteiger partial charge in [0.05, 0.1) is 10.6 Å². The van der Waals surface area contributed by atoms with Crippen LogP contribution in [0.1, 0.15) is 23.7 Å². The smallest absolute Gasteiger partial charge is 0.253 e. The Labute approximate surface area is 117 Å². The molecular formula is C12H18ClN3OS. The summed E-state index contributed by atoms with van der Waals surface area (Å²) in [4.78, 5) is 16.1. The fraction of sp³-hybridized carbons (Fsp3) is 0.500. The van der Waals surface area contributed by atoms with Crippen molar-refractivity contribution in [3.63, 3.8) is 0 Å². The van der Waals surface area contributed by atoms with Gasteiger partial charge in [0.1, 0.15) is 5.82 Å². The Hall–Kier alpha value is -0.940. The van der Waals surface area contributed by atoms with Crippen LogP contribution in [0.4, 0.5) is 5.82 Å². The molecule has 6 heteroatoms. The first-order valence-electron chi connectivity index (χ1n) is 5.71. The molecular weight excluding hydrogens is 270 g/mol. The molecule has 0 fully saturated rings. The Balaban J connectivity index is 2.71. The summed E-state index contributed by atoms with van der Waals surface area (Å²) in [6.07, 6.45) is 4.47. The van der Waals surface area contributed by atoms with E-state index in [9.17, 15) is 4.79 Å². The van der Waals surface area contributed by atoms with E-state index in [1.54, 1.807) is 24.9 Å². The quantitative estimate of drug-likeness (QED) is 0.845. The van der Waals surface area contributed by atoms with E-state index >= 15 is 0 Å². The van der Waals surface area contributed by atoms with Gasteiger partial charge in [-0.05, 0) is 31.4 Å². The number of rotatable bonds is 6. The summed E-state index contributed by atoms with van der Waals surface area (Å²) in [5, 5.41) is 6.18. The number of carbonyl (C=O) groups excluding carboxylic acids is 1. The van der Waals surface area contributed by atoms with E-state index in [4.69, 9.17) is 11.6 Å². The molecule has 18 heavy (non-hydrogen) atoms. The summed E-state index contributed by atoms with van der Waals surface area (Å²) < 4.78 is 0. The Morgan fingerprint density at radius 2 is 2.33 bits per heavy atom. The van der Waals surface area contributed by atoms with Crippen molar-refractivity contribution in [2.75, 3.05) is 24.4 Å². The van der Waals surface area contributed by atoms with Gasteiger partial charge in [0.15, 0.2) is 0 Å². The highest BCUT2D eigenvalue weighted by Crippen LogP contribution is 2.18. The molecule has 2 N–H and O–H groups in total. The van der Waals surface area contributed by atoms with Gasteiger partial charge in [-0.25, -0.2) is 4.98 Å². The first-order valence-corrected chi connectivity index (χ1v) is 7.48. The molecule has 1 atom stereocenters. The maximum atomic E-state index is 12.0. The van der Waals surface area contributed by atoms with E-state index in [2.05, 4.69) is 15.6 Å². The number of amides is 1. The van der Waals surface area contributed by atoms with E-state index < -0.39 is 0 Å². The maximum Gasteiger partial charge on any atom is 0.253 e. The average molecular weight is 288 g/mol. The summed E-state index contributed by atoms with van der Waals surface area (Å²) in [5.41, 5.74) is 0.451. The third kappa shape index (κ3) is 4.38. The first-order chi connectivity index (χ1) is 8.58. The van der Waals surface area contributed by atoms with Gasteiger partial charge in [-0.2, -0.15) is 11.8 Å². The van der Waals surface area contributed by atoms with Crippen LogP contribution in [0.2, 0.25) is 5.02 Å². The highest BCUT2D eigenvalue weighted by molar-refractivity contribution is 7.98. The molecule has 1 aromatic rings. The Bertz CT molecular complexity index is 414. The van der Waals surface area contributed by atoms with Crippen molar-refractivity contribution in [2.45, 2.75) is 19.4 Å². The summed E-state index contributed by atoms with van der Waals surface area (Å²) in [7, 11) is 1.75. The summed E-state index contributed by atoms with van der Waals surface area (Å²) in [6.45, 7) is 1.99. The topological polar surface area (TPSA) is 54.0 Å². The third-order valence-corrected chi connectivity index (χ3v) is 3.43. The van der Waals surface area contributed by atoms with Crippen LogP contribution in [0.5, 0.6) is 0 Å². The minimum Gasteiger partial charge on any atom is -0.373 e. The monoisotopic (exact) mass is 287 g/mol. The highest BCUT2D eigenvalue weighted by Gasteiger charge is 2.14. The van der Waals surface area contributed by atoms with Crippen molar-refractivity contribution >= 4 is 35.1 Å². The number of nitrogens with one attached hydrogen (secondary N) is 2. The molecule has 0 aromatic carbocycles. The molecule has 0 aliphatic carbocycles. The number of pyridine rings is 1. The van der Waals surface area contributed by atoms with Crippen LogP contribution < -0.4 is 10.6 Å². The van der Waals surface area contributed by atoms with E-state index in [1.807, 2.05) is 13.2 Å². The van der Waals surface area contributed by atoms with E-state index in [-0.39, 0.29) is 11.9 Å². The SMILES string of the molecule is CNc1cc(C(=O)NC(C)CCSC)c(Cl)cn1. The van der Waals surface area contributed by atoms with Crippen LogP contribution in [-0.2, 0) is 0 Å². The standard InChI is InChI=1S/C12H18ClN3OS/c1-8(4-5-18-3)16-12(17)9-6-11(14-2)15-7-10(9)13/h6-8H,4-5H2,1-3H3,(H,14,15)(H,16,17). The lowest BCUT2D eigenvalue weighted by atomic mass is 10.2. The van der Waals surface area contributed by atoms with Crippen LogP contribution in [0.25, 0.3) is 0 Å². The van der Waals surface area contributed by atoms with E-state index in [1.165, 1.54) is 6.20 Å². The molecule has 1 heterocycles. The van der Waals surface area contributed by atoms with Gasteiger partial charge >= 0.3 is 0 Å². The first kappa shape index (κ1) is 15.1. The molecule has 1 aromatic heterocycles. The van der Waals surface area contributed by atoms with Crippen LogP contribution in [0.3, 0.4) is 0 Å². The fourth-order valence-corrected chi connectivity index (χ4v) is 2.20. The van der Waals surface area contributed by atoms with Gasteiger partial charge < -0.3 is 10.6 Å². The second-order valence-electron chi connectivity index (χ2n) is 3.96. The molecule has 0 spiro atoms. The molecule has 0 radical (unpaired) electrons. The van der Waals surface area contributed by atoms with Crippen molar-refractivity contribution in [3.8, 4) is 0 Å². The van der Waals surface area contributed by atoms with Crippen LogP contribution >= 0.6 is 23.4 Å². The molecule has 1 amide bonds. The van der Waals surface area contributed by atoms with Crippen LogP contribution in [0, 0.1) is 0 Å². The van der Waals surface area contributed by atoms with Gasteiger partial charge in [0.25, 0.3) is 5.91 Å². The van der Waals surface area contributed by atoms with E-state index in [0.717, 1.165) is 12.2 Å². The number of nitrogens with zero attached hydrogens (tertiary/aromatic N) is 1. The van der Waals surface area contributed by atoms with Gasteiger partial charge in [0, 0.05) is 19.3 Å². The number of thioether (sulfide) groups is 1. The van der Waals surface area contributed by atoms with Gasteiger partial charge in [-0.1, -0.05) is 11.6 Å². The number of hydrogen-bond donors (Lipinski definition) is 2. The highest BCUT2D eigenvalue weighted by atomic mass is 35.5. The molecule has 100 valence electrons. The Morgan fingerprint density at radius 3 is 2.94 bits per heavy atom. The van der Waals surface area contributed by atoms with Gasteiger partial charge in [-0.3, -0.25) is 4.79 Å². The zero-order valence-electron chi connectivity index (χ0n) is 10.8. The van der Waals surface area contributed by atoms with Crippen molar-refractivity contribution in [3.05, 3.63) is 22.8 Å². The molecule has 4 nitrogen and oxygen atoms in total. The van der Waals surface area contributed by atoms with Crippen molar-refractivity contribution in [1.29, 1.82) is 0 Å². The predicted molar refractivity (Wildman–Crippen MR) is 78.7 cm³/mol. The Kier molecular flexibility index (Phi) is 6.29. The number of anilines is 1. The second-order valence-corrected chi connectivity index (χ2v) is 5.35. The average Bonchev–Trinajstić information content (AvgIpc) is 2.36. The third-order valence-electron chi connectivity index (χ3n) is 2.49. The lowest BCUT2D eigenvalue weighted by Gasteiger charge is -2.14. The van der Waals surface area contributed by atoms with Crippen molar-refractivity contribution in [2.24, 2.45) is 0 Å². The number of carbonyl (C=O) groups is 1. The molecule has 1 unspecified atom stereocenters. The molecule has 0 saturated heterocycles. The zero-order chi connectivity index (χ0) is 13.5. The summed E-state index contributed by atoms with van der Waals surface area (Å²) in [5.74, 6) is 1.49. The van der Waals surface area contributed by atoms with Crippen LogP contribution in [-0.4, -0.2) is 36.0 Å². The maximum absolute atomic E-state index is 12.0. The zero-order valence-corrected chi connectivity index (χ0v) is 12.4. The van der Waals surface area contributed by atoms with Crippen LogP contribution in [0.15, 0.2) is 12.3 Å². The Morgan fingerprint density at radius 1 is 1.61 bits per heavy atom. The van der Waals surface area contributed by atoms with Gasteiger partial charge in [-0.15, -0.1) is 0 Å². The molecule has 0 saturated carbocycles. The summed E-state index contributed by atoms with van der Waals surface area (Å²) in [6, 6.07) is 1.78. The van der Waals surface area contributed by atoms with E-state index in [0.29, 0.717) is 16.4 Å². The van der Waals surface area contributed by atoms with Crippen molar-refractivity contribution < 1.29 is 4.79 Å². The van der Waals surface area contributed by atoms with Crippen molar-refractivity contribution in [1.82, 2.24) is 10.3 Å². The number of halogens is 1. The number of hydrogen-bond acceptors (Lipinski definition) is 4. The normalized spacial score (nSPS) is 12.0. The largest absolute Gasteiger partial charge is 0.373 e. The lowest BCUT2D eigenvalue weighted by molar-refractivity contribution is 0.0939. The lowest BCUT2D eigenvalue weighted by Crippen LogP contribution is -2.33. The molecule has 0 aliphatic rings. The predicted octanol–water partition coefficient (Wildman–Crippen LogP) is 2.65. The number of aromatic nitrogens is 1.